The quantitative estimate of drug-likeness (QED) is 0.721. The van der Waals surface area contributed by atoms with Crippen molar-refractivity contribution in [2.45, 2.75) is 45.8 Å². The summed E-state index contributed by atoms with van der Waals surface area (Å²) in [7, 11) is 0. The molecule has 1 atom stereocenters. The van der Waals surface area contributed by atoms with E-state index in [9.17, 15) is 4.79 Å². The van der Waals surface area contributed by atoms with Crippen LogP contribution < -0.4 is 10.6 Å². The van der Waals surface area contributed by atoms with Crippen molar-refractivity contribution >= 4 is 17.7 Å². The van der Waals surface area contributed by atoms with Gasteiger partial charge in [0.2, 0.25) is 0 Å². The Labute approximate surface area is 144 Å². The molecule has 0 aliphatic carbocycles. The van der Waals surface area contributed by atoms with Crippen molar-refractivity contribution in [2.24, 2.45) is 0 Å². The molecule has 23 heavy (non-hydrogen) atoms. The Morgan fingerprint density at radius 2 is 2.00 bits per heavy atom. The van der Waals surface area contributed by atoms with Crippen LogP contribution in [0.1, 0.15) is 45.7 Å². The lowest BCUT2D eigenvalue weighted by Crippen LogP contribution is -2.32. The van der Waals surface area contributed by atoms with Gasteiger partial charge in [0.1, 0.15) is 5.60 Å². The molecule has 128 valence electrons. The number of amides is 1. The van der Waals surface area contributed by atoms with Crippen molar-refractivity contribution in [3.05, 3.63) is 47.0 Å². The molecule has 1 aromatic rings. The molecule has 2 N–H and O–H groups in total. The van der Waals surface area contributed by atoms with E-state index in [0.29, 0.717) is 6.54 Å². The molecule has 0 aliphatic heterocycles. The van der Waals surface area contributed by atoms with E-state index >= 15 is 0 Å². The molecule has 1 unspecified atom stereocenters. The van der Waals surface area contributed by atoms with Crippen LogP contribution in [0.2, 0.25) is 5.02 Å². The number of alkyl carbamates (subject to hydrolysis) is 1. The van der Waals surface area contributed by atoms with E-state index in [-0.39, 0.29) is 6.04 Å². The van der Waals surface area contributed by atoms with E-state index in [1.807, 2.05) is 51.1 Å². The fourth-order valence-electron chi connectivity index (χ4n) is 2.05. The SMILES string of the molecule is CCC(NC/C=C/CNC(=O)OC(C)(C)C)c1cccc(Cl)c1. The standard InChI is InChI=1S/C18H27ClN2O2/c1-5-16(14-9-8-10-15(19)13-14)20-11-6-7-12-21-17(22)23-18(2,3)4/h6-10,13,16,20H,5,11-12H2,1-4H3,(H,21,22)/b7-6+. The molecule has 0 spiro atoms. The van der Waals surface area contributed by atoms with Crippen molar-refractivity contribution in [3.63, 3.8) is 0 Å². The lowest BCUT2D eigenvalue weighted by Gasteiger charge is -2.19. The zero-order valence-corrected chi connectivity index (χ0v) is 15.1. The largest absolute Gasteiger partial charge is 0.444 e. The molecule has 1 aromatic carbocycles. The molecule has 1 rings (SSSR count). The number of carbonyl (C=O) groups is 1. The number of hydrogen-bond acceptors (Lipinski definition) is 3. The Morgan fingerprint density at radius 3 is 2.61 bits per heavy atom. The molecule has 0 saturated carbocycles. The van der Waals surface area contributed by atoms with Crippen LogP contribution in [-0.2, 0) is 4.74 Å². The van der Waals surface area contributed by atoms with Crippen molar-refractivity contribution in [2.75, 3.05) is 13.1 Å². The second-order valence-electron chi connectivity index (χ2n) is 6.28. The van der Waals surface area contributed by atoms with Gasteiger partial charge in [0, 0.05) is 24.2 Å². The van der Waals surface area contributed by atoms with Gasteiger partial charge >= 0.3 is 6.09 Å². The third kappa shape index (κ3) is 8.62. The first-order valence-electron chi connectivity index (χ1n) is 7.92. The fraction of sp³-hybridized carbons (Fsp3) is 0.500. The van der Waals surface area contributed by atoms with E-state index in [2.05, 4.69) is 23.6 Å². The van der Waals surface area contributed by atoms with Gasteiger partial charge in [0.15, 0.2) is 0 Å². The molecule has 0 heterocycles. The number of ether oxygens (including phenoxy) is 1. The van der Waals surface area contributed by atoms with Crippen molar-refractivity contribution in [1.82, 2.24) is 10.6 Å². The predicted octanol–water partition coefficient (Wildman–Crippen LogP) is 4.46. The first-order valence-corrected chi connectivity index (χ1v) is 8.30. The summed E-state index contributed by atoms with van der Waals surface area (Å²) in [6.07, 6.45) is 4.47. The number of rotatable bonds is 7. The summed E-state index contributed by atoms with van der Waals surface area (Å²) in [5.41, 5.74) is 0.709. The summed E-state index contributed by atoms with van der Waals surface area (Å²) < 4.78 is 5.16. The molecular formula is C18H27ClN2O2. The van der Waals surface area contributed by atoms with Gasteiger partial charge in [-0.25, -0.2) is 4.79 Å². The highest BCUT2D eigenvalue weighted by molar-refractivity contribution is 6.30. The monoisotopic (exact) mass is 338 g/mol. The molecule has 0 aliphatic rings. The van der Waals surface area contributed by atoms with Crippen molar-refractivity contribution < 1.29 is 9.53 Å². The van der Waals surface area contributed by atoms with Gasteiger partial charge in [-0.05, 0) is 44.9 Å². The topological polar surface area (TPSA) is 50.4 Å². The molecular weight excluding hydrogens is 312 g/mol. The van der Waals surface area contributed by atoms with Crippen LogP contribution in [0.5, 0.6) is 0 Å². The number of hydrogen-bond donors (Lipinski definition) is 2. The Hall–Kier alpha value is -1.52. The first kappa shape index (κ1) is 19.5. The highest BCUT2D eigenvalue weighted by Crippen LogP contribution is 2.19. The lowest BCUT2D eigenvalue weighted by atomic mass is 10.0. The van der Waals surface area contributed by atoms with Gasteiger partial charge in [0.25, 0.3) is 0 Å². The average Bonchev–Trinajstić information content (AvgIpc) is 2.44. The van der Waals surface area contributed by atoms with Gasteiger partial charge in [-0.1, -0.05) is 42.8 Å². The maximum Gasteiger partial charge on any atom is 0.407 e. The molecule has 0 fully saturated rings. The Bertz CT molecular complexity index is 524. The van der Waals surface area contributed by atoms with Crippen LogP contribution in [0.3, 0.4) is 0 Å². The Kier molecular flexibility index (Phi) is 8.13. The van der Waals surface area contributed by atoms with Crippen molar-refractivity contribution in [3.8, 4) is 0 Å². The fourth-order valence-corrected chi connectivity index (χ4v) is 2.25. The molecule has 0 radical (unpaired) electrons. The van der Waals surface area contributed by atoms with Crippen LogP contribution in [0.4, 0.5) is 4.79 Å². The van der Waals surface area contributed by atoms with Gasteiger partial charge in [0.05, 0.1) is 0 Å². The number of halogens is 1. The number of carbonyl (C=O) groups excluding carboxylic acids is 1. The van der Waals surface area contributed by atoms with Crippen LogP contribution >= 0.6 is 11.6 Å². The highest BCUT2D eigenvalue weighted by Gasteiger charge is 2.15. The Morgan fingerprint density at radius 1 is 1.30 bits per heavy atom. The number of nitrogens with one attached hydrogen (secondary N) is 2. The van der Waals surface area contributed by atoms with Gasteiger partial charge < -0.3 is 15.4 Å². The summed E-state index contributed by atoms with van der Waals surface area (Å²) in [5.74, 6) is 0. The minimum Gasteiger partial charge on any atom is -0.444 e. The zero-order chi connectivity index (χ0) is 17.3. The summed E-state index contributed by atoms with van der Waals surface area (Å²) >= 11 is 6.03. The van der Waals surface area contributed by atoms with E-state index in [4.69, 9.17) is 16.3 Å². The highest BCUT2D eigenvalue weighted by atomic mass is 35.5. The molecule has 4 nitrogen and oxygen atoms in total. The molecule has 0 saturated heterocycles. The third-order valence-corrected chi connectivity index (χ3v) is 3.31. The van der Waals surface area contributed by atoms with E-state index in [1.54, 1.807) is 0 Å². The third-order valence-electron chi connectivity index (χ3n) is 3.07. The second-order valence-corrected chi connectivity index (χ2v) is 6.71. The normalized spacial score (nSPS) is 13.1. The summed E-state index contributed by atoms with van der Waals surface area (Å²) in [6, 6.07) is 8.15. The lowest BCUT2D eigenvalue weighted by molar-refractivity contribution is 0.0534. The molecule has 0 aromatic heterocycles. The summed E-state index contributed by atoms with van der Waals surface area (Å²) in [4.78, 5) is 11.5. The van der Waals surface area contributed by atoms with Crippen LogP contribution in [0.25, 0.3) is 0 Å². The minimum atomic E-state index is -0.472. The summed E-state index contributed by atoms with van der Waals surface area (Å²) in [6.45, 7) is 8.82. The summed E-state index contributed by atoms with van der Waals surface area (Å²) in [5, 5.41) is 6.89. The van der Waals surface area contributed by atoms with Gasteiger partial charge in [-0.2, -0.15) is 0 Å². The van der Waals surface area contributed by atoms with Crippen LogP contribution in [-0.4, -0.2) is 24.8 Å². The van der Waals surface area contributed by atoms with E-state index in [0.717, 1.165) is 18.0 Å². The van der Waals surface area contributed by atoms with Gasteiger partial charge in [-0.15, -0.1) is 0 Å². The maximum absolute atomic E-state index is 11.5. The zero-order valence-electron chi connectivity index (χ0n) is 14.4. The van der Waals surface area contributed by atoms with Crippen LogP contribution in [0, 0.1) is 0 Å². The maximum atomic E-state index is 11.5. The van der Waals surface area contributed by atoms with Gasteiger partial charge in [-0.3, -0.25) is 0 Å². The van der Waals surface area contributed by atoms with E-state index < -0.39 is 11.7 Å². The smallest absolute Gasteiger partial charge is 0.407 e. The first-order chi connectivity index (χ1) is 10.8. The Balaban J connectivity index is 2.31. The van der Waals surface area contributed by atoms with Crippen LogP contribution in [0.15, 0.2) is 36.4 Å². The predicted molar refractivity (Wildman–Crippen MR) is 95.9 cm³/mol. The molecule has 1 amide bonds. The molecule has 0 bridgehead atoms. The average molecular weight is 339 g/mol. The second kappa shape index (κ2) is 9.58. The van der Waals surface area contributed by atoms with E-state index in [1.165, 1.54) is 5.56 Å². The molecule has 5 heteroatoms. The van der Waals surface area contributed by atoms with Crippen molar-refractivity contribution in [1.29, 1.82) is 0 Å². The minimum absolute atomic E-state index is 0.261. The number of benzene rings is 1.